The molecule has 0 heterocycles. The molecule has 0 aromatic heterocycles. The topological polar surface area (TPSA) is 64.6 Å². The molecule has 0 bridgehead atoms. The van der Waals surface area contributed by atoms with Gasteiger partial charge in [-0.3, -0.25) is 0 Å². The lowest BCUT2D eigenvalue weighted by atomic mass is 10.0. The van der Waals surface area contributed by atoms with Gasteiger partial charge in [-0.25, -0.2) is 13.1 Å². The second kappa shape index (κ2) is 10.1. The monoisotopic (exact) mass is 419 g/mol. The zero-order valence-electron chi connectivity index (χ0n) is 18.3. The van der Waals surface area contributed by atoms with E-state index in [0.29, 0.717) is 23.4 Å². The minimum absolute atomic E-state index is 0.125. The van der Waals surface area contributed by atoms with E-state index < -0.39 is 10.0 Å². The van der Waals surface area contributed by atoms with Crippen molar-refractivity contribution >= 4 is 10.0 Å². The van der Waals surface area contributed by atoms with Gasteiger partial charge in [-0.2, -0.15) is 0 Å². The molecule has 0 saturated carbocycles. The van der Waals surface area contributed by atoms with E-state index in [1.54, 1.807) is 26.2 Å². The third kappa shape index (κ3) is 6.47. The molecule has 0 radical (unpaired) electrons. The molecule has 2 aromatic carbocycles. The van der Waals surface area contributed by atoms with Crippen molar-refractivity contribution in [3.05, 3.63) is 53.1 Å². The third-order valence-electron chi connectivity index (χ3n) is 4.64. The van der Waals surface area contributed by atoms with E-state index >= 15 is 0 Å². The van der Waals surface area contributed by atoms with Crippen molar-refractivity contribution in [2.75, 3.05) is 13.7 Å². The van der Waals surface area contributed by atoms with Crippen LogP contribution in [0.2, 0.25) is 0 Å². The Kier molecular flexibility index (Phi) is 8.11. The number of ether oxygens (including phenoxy) is 2. The summed E-state index contributed by atoms with van der Waals surface area (Å²) in [4.78, 5) is 0.314. The minimum Gasteiger partial charge on any atom is -0.496 e. The number of benzene rings is 2. The van der Waals surface area contributed by atoms with Gasteiger partial charge in [0.05, 0.1) is 18.1 Å². The Balaban J connectivity index is 2.03. The Morgan fingerprint density at radius 2 is 1.79 bits per heavy atom. The standard InChI is InChI=1S/C23H33NO4S/c1-16(2)21-15-23(18(5)13-22(21)27-6)29(25,26)24-12-8-10-19-9-7-11-20(14-19)28-17(3)4/h7,9,11,13-17,24H,8,10,12H2,1-6H3. The fraction of sp³-hybridized carbons (Fsp3) is 0.478. The highest BCUT2D eigenvalue weighted by atomic mass is 32.2. The highest BCUT2D eigenvalue weighted by Crippen LogP contribution is 2.31. The molecule has 160 valence electrons. The minimum atomic E-state index is -3.58. The largest absolute Gasteiger partial charge is 0.496 e. The smallest absolute Gasteiger partial charge is 0.240 e. The molecule has 0 saturated heterocycles. The van der Waals surface area contributed by atoms with Crippen LogP contribution in [0.4, 0.5) is 0 Å². The molecule has 2 aromatic rings. The summed E-state index contributed by atoms with van der Waals surface area (Å²) in [7, 11) is -1.98. The summed E-state index contributed by atoms with van der Waals surface area (Å²) in [6.45, 7) is 10.2. The van der Waals surface area contributed by atoms with Crippen molar-refractivity contribution < 1.29 is 17.9 Å². The highest BCUT2D eigenvalue weighted by Gasteiger charge is 2.20. The van der Waals surface area contributed by atoms with Crippen LogP contribution in [0.25, 0.3) is 0 Å². The lowest BCUT2D eigenvalue weighted by molar-refractivity contribution is 0.242. The van der Waals surface area contributed by atoms with Crippen LogP contribution in [0.3, 0.4) is 0 Å². The molecule has 1 N–H and O–H groups in total. The Morgan fingerprint density at radius 1 is 1.07 bits per heavy atom. The predicted octanol–water partition coefficient (Wildman–Crippen LogP) is 4.83. The molecule has 0 aliphatic rings. The fourth-order valence-electron chi connectivity index (χ4n) is 3.22. The van der Waals surface area contributed by atoms with Gasteiger partial charge >= 0.3 is 0 Å². The van der Waals surface area contributed by atoms with Gasteiger partial charge in [0.15, 0.2) is 0 Å². The first-order valence-corrected chi connectivity index (χ1v) is 11.6. The van der Waals surface area contributed by atoms with Crippen molar-refractivity contribution in [3.63, 3.8) is 0 Å². The highest BCUT2D eigenvalue weighted by molar-refractivity contribution is 7.89. The molecule has 0 atom stereocenters. The first kappa shape index (κ1) is 23.2. The summed E-state index contributed by atoms with van der Waals surface area (Å²) >= 11 is 0. The van der Waals surface area contributed by atoms with Gasteiger partial charge in [-0.1, -0.05) is 26.0 Å². The Labute approximate surface area is 175 Å². The van der Waals surface area contributed by atoms with E-state index in [9.17, 15) is 8.42 Å². The first-order chi connectivity index (χ1) is 13.6. The van der Waals surface area contributed by atoms with E-state index in [2.05, 4.69) is 4.72 Å². The zero-order valence-corrected chi connectivity index (χ0v) is 19.1. The molecule has 0 fully saturated rings. The molecule has 0 aliphatic carbocycles. The van der Waals surface area contributed by atoms with Crippen LogP contribution in [0.15, 0.2) is 41.3 Å². The van der Waals surface area contributed by atoms with Gasteiger partial charge in [-0.05, 0) is 80.5 Å². The van der Waals surface area contributed by atoms with Crippen molar-refractivity contribution in [1.29, 1.82) is 0 Å². The molecular formula is C23H33NO4S. The molecule has 0 spiro atoms. The lowest BCUT2D eigenvalue weighted by Crippen LogP contribution is -2.26. The second-order valence-electron chi connectivity index (χ2n) is 7.83. The summed E-state index contributed by atoms with van der Waals surface area (Å²) in [6, 6.07) is 11.5. The van der Waals surface area contributed by atoms with E-state index in [-0.39, 0.29) is 12.0 Å². The molecule has 0 unspecified atom stereocenters. The van der Waals surface area contributed by atoms with Crippen LogP contribution in [0.5, 0.6) is 11.5 Å². The van der Waals surface area contributed by atoms with Gasteiger partial charge < -0.3 is 9.47 Å². The van der Waals surface area contributed by atoms with Gasteiger partial charge in [0.2, 0.25) is 10.0 Å². The zero-order chi connectivity index (χ0) is 21.6. The number of hydrogen-bond donors (Lipinski definition) is 1. The Morgan fingerprint density at radius 3 is 2.41 bits per heavy atom. The number of methoxy groups -OCH3 is 1. The van der Waals surface area contributed by atoms with Gasteiger partial charge in [0, 0.05) is 6.54 Å². The summed E-state index contributed by atoms with van der Waals surface area (Å²) in [5, 5.41) is 0. The predicted molar refractivity (Wildman–Crippen MR) is 118 cm³/mol. The third-order valence-corrected chi connectivity index (χ3v) is 6.25. The normalized spacial score (nSPS) is 11.9. The van der Waals surface area contributed by atoms with Gasteiger partial charge in [0.1, 0.15) is 11.5 Å². The summed E-state index contributed by atoms with van der Waals surface area (Å²) in [5.74, 6) is 1.73. The number of aryl methyl sites for hydroxylation is 2. The van der Waals surface area contributed by atoms with Crippen LogP contribution >= 0.6 is 0 Å². The quantitative estimate of drug-likeness (QED) is 0.561. The van der Waals surface area contributed by atoms with Crippen LogP contribution in [-0.2, 0) is 16.4 Å². The van der Waals surface area contributed by atoms with Crippen molar-refractivity contribution in [2.45, 2.75) is 64.4 Å². The van der Waals surface area contributed by atoms with E-state index in [4.69, 9.17) is 9.47 Å². The average molecular weight is 420 g/mol. The number of rotatable bonds is 10. The summed E-state index contributed by atoms with van der Waals surface area (Å²) in [6.07, 6.45) is 1.60. The van der Waals surface area contributed by atoms with Crippen LogP contribution in [0, 0.1) is 6.92 Å². The average Bonchev–Trinajstić information content (AvgIpc) is 2.64. The Bertz CT molecular complexity index is 920. The van der Waals surface area contributed by atoms with Gasteiger partial charge in [-0.15, -0.1) is 0 Å². The number of hydrogen-bond acceptors (Lipinski definition) is 4. The maximum Gasteiger partial charge on any atom is 0.240 e. The fourth-order valence-corrected chi connectivity index (χ4v) is 4.55. The maximum atomic E-state index is 12.8. The van der Waals surface area contributed by atoms with E-state index in [0.717, 1.165) is 29.0 Å². The molecular weight excluding hydrogens is 386 g/mol. The second-order valence-corrected chi connectivity index (χ2v) is 9.57. The SMILES string of the molecule is COc1cc(C)c(S(=O)(=O)NCCCc2cccc(OC(C)C)c2)cc1C(C)C. The molecule has 2 rings (SSSR count). The van der Waals surface area contributed by atoms with Crippen LogP contribution in [0.1, 0.15) is 56.7 Å². The number of sulfonamides is 1. The Hall–Kier alpha value is -2.05. The first-order valence-electron chi connectivity index (χ1n) is 10.1. The molecule has 6 heteroatoms. The summed E-state index contributed by atoms with van der Waals surface area (Å²) in [5.41, 5.74) is 2.70. The van der Waals surface area contributed by atoms with Crippen molar-refractivity contribution in [3.8, 4) is 11.5 Å². The van der Waals surface area contributed by atoms with Crippen molar-refractivity contribution in [2.24, 2.45) is 0 Å². The molecule has 0 aliphatic heterocycles. The van der Waals surface area contributed by atoms with Crippen LogP contribution < -0.4 is 14.2 Å². The molecule has 0 amide bonds. The van der Waals surface area contributed by atoms with Gasteiger partial charge in [0.25, 0.3) is 0 Å². The van der Waals surface area contributed by atoms with E-state index in [1.165, 1.54) is 0 Å². The van der Waals surface area contributed by atoms with E-state index in [1.807, 2.05) is 52.0 Å². The molecule has 29 heavy (non-hydrogen) atoms. The molecule has 5 nitrogen and oxygen atoms in total. The summed E-state index contributed by atoms with van der Waals surface area (Å²) < 4.78 is 39.5. The maximum absolute atomic E-state index is 12.8. The van der Waals surface area contributed by atoms with Crippen molar-refractivity contribution in [1.82, 2.24) is 4.72 Å². The lowest BCUT2D eigenvalue weighted by Gasteiger charge is -2.16. The number of nitrogens with one attached hydrogen (secondary N) is 1. The van der Waals surface area contributed by atoms with Crippen LogP contribution in [-0.4, -0.2) is 28.2 Å².